The highest BCUT2D eigenvalue weighted by molar-refractivity contribution is 5.94. The minimum Gasteiger partial charge on any atom is -0.256 e. The maximum atomic E-state index is 4.50. The van der Waals surface area contributed by atoms with Gasteiger partial charge in [-0.05, 0) is 55.9 Å². The van der Waals surface area contributed by atoms with Crippen LogP contribution in [0.5, 0.6) is 0 Å². The lowest BCUT2D eigenvalue weighted by Gasteiger charge is -2.15. The van der Waals surface area contributed by atoms with Crippen molar-refractivity contribution >= 4 is 16.5 Å². The van der Waals surface area contributed by atoms with Crippen molar-refractivity contribution in [1.82, 2.24) is 4.98 Å². The summed E-state index contributed by atoms with van der Waals surface area (Å²) in [4.78, 5) is 4.50. The van der Waals surface area contributed by atoms with Crippen molar-refractivity contribution in [2.45, 2.75) is 47.5 Å². The fraction of sp³-hybridized carbons (Fsp3) is 0.381. The van der Waals surface area contributed by atoms with Crippen LogP contribution in [0.1, 0.15) is 53.0 Å². The van der Waals surface area contributed by atoms with Crippen LogP contribution in [0.25, 0.3) is 16.5 Å². The van der Waals surface area contributed by atoms with Crippen LogP contribution in [0, 0.1) is 5.92 Å². The van der Waals surface area contributed by atoms with E-state index in [1.807, 2.05) is 6.20 Å². The molecule has 0 bridgehead atoms. The molecule has 2 rings (SSSR count). The normalized spacial score (nSPS) is 14.9. The van der Waals surface area contributed by atoms with E-state index >= 15 is 0 Å². The van der Waals surface area contributed by atoms with Gasteiger partial charge in [0.05, 0.1) is 5.52 Å². The molecule has 0 N–H and O–H groups in total. The van der Waals surface area contributed by atoms with Crippen LogP contribution in [0.3, 0.4) is 0 Å². The Morgan fingerprint density at radius 2 is 1.86 bits per heavy atom. The first-order chi connectivity index (χ1) is 10.6. The van der Waals surface area contributed by atoms with Gasteiger partial charge >= 0.3 is 0 Å². The Kier molecular flexibility index (Phi) is 5.54. The Bertz CT molecular complexity index is 701. The van der Waals surface area contributed by atoms with Gasteiger partial charge in [-0.25, -0.2) is 0 Å². The smallest absolute Gasteiger partial charge is 0.0708 e. The molecule has 0 aliphatic rings. The molecule has 2 aromatic rings. The van der Waals surface area contributed by atoms with E-state index in [2.05, 4.69) is 76.0 Å². The number of aromatic nitrogens is 1. The van der Waals surface area contributed by atoms with Gasteiger partial charge in [0, 0.05) is 11.6 Å². The predicted octanol–water partition coefficient (Wildman–Crippen LogP) is 6.41. The van der Waals surface area contributed by atoms with Crippen molar-refractivity contribution in [2.24, 2.45) is 5.92 Å². The van der Waals surface area contributed by atoms with Crippen LogP contribution in [0.4, 0.5) is 0 Å². The monoisotopic (exact) mass is 293 g/mol. The first-order valence-corrected chi connectivity index (χ1v) is 8.30. The first-order valence-electron chi connectivity index (χ1n) is 8.30. The number of allylic oxidation sites excluding steroid dienone is 4. The van der Waals surface area contributed by atoms with Gasteiger partial charge in [0.15, 0.2) is 0 Å². The quantitative estimate of drug-likeness (QED) is 0.580. The lowest BCUT2D eigenvalue weighted by atomic mass is 9.91. The number of fused-ring (bicyclic) bond motifs is 1. The highest BCUT2D eigenvalue weighted by Gasteiger charge is 2.10. The minimum atomic E-state index is 0.618. The van der Waals surface area contributed by atoms with Gasteiger partial charge in [-0.1, -0.05) is 56.2 Å². The Balaban J connectivity index is 2.65. The molecule has 0 aliphatic carbocycles. The zero-order valence-electron chi connectivity index (χ0n) is 14.5. The van der Waals surface area contributed by atoms with Crippen LogP contribution in [-0.4, -0.2) is 4.98 Å². The van der Waals surface area contributed by atoms with Crippen LogP contribution in [0.15, 0.2) is 53.8 Å². The number of para-hydroxylation sites is 1. The van der Waals surface area contributed by atoms with Crippen LogP contribution in [0.2, 0.25) is 0 Å². The predicted molar refractivity (Wildman–Crippen MR) is 97.8 cm³/mol. The first kappa shape index (κ1) is 16.5. The molecule has 0 saturated carbocycles. The van der Waals surface area contributed by atoms with Crippen molar-refractivity contribution in [2.75, 3.05) is 0 Å². The number of hydrogen-bond acceptors (Lipinski definition) is 1. The Morgan fingerprint density at radius 3 is 2.55 bits per heavy atom. The topological polar surface area (TPSA) is 12.9 Å². The molecule has 0 amide bonds. The van der Waals surface area contributed by atoms with Crippen molar-refractivity contribution < 1.29 is 0 Å². The van der Waals surface area contributed by atoms with E-state index < -0.39 is 0 Å². The fourth-order valence-electron chi connectivity index (χ4n) is 2.64. The van der Waals surface area contributed by atoms with E-state index in [9.17, 15) is 0 Å². The van der Waals surface area contributed by atoms with E-state index in [1.165, 1.54) is 34.1 Å². The number of hydrogen-bond donors (Lipinski definition) is 0. The molecule has 0 radical (unpaired) electrons. The molecule has 1 unspecified atom stereocenters. The second kappa shape index (κ2) is 7.40. The average Bonchev–Trinajstić information content (AvgIpc) is 2.57. The van der Waals surface area contributed by atoms with Crippen molar-refractivity contribution in [3.8, 4) is 0 Å². The highest BCUT2D eigenvalue weighted by Crippen LogP contribution is 2.30. The van der Waals surface area contributed by atoms with Crippen LogP contribution >= 0.6 is 0 Å². The lowest BCUT2D eigenvalue weighted by molar-refractivity contribution is 0.656. The SMILES string of the molecule is CCC(C)=C(/C=C(/C)C(C)CC)c1ccnc2ccccc12. The number of nitrogens with zero attached hydrogens (tertiary/aromatic N) is 1. The average molecular weight is 293 g/mol. The second-order valence-electron chi connectivity index (χ2n) is 6.12. The molecule has 1 aromatic carbocycles. The summed E-state index contributed by atoms with van der Waals surface area (Å²) in [7, 11) is 0. The fourth-order valence-corrected chi connectivity index (χ4v) is 2.64. The molecular weight excluding hydrogens is 266 g/mol. The van der Waals surface area contributed by atoms with Gasteiger partial charge in [0.2, 0.25) is 0 Å². The molecule has 1 atom stereocenters. The summed E-state index contributed by atoms with van der Waals surface area (Å²) in [6.45, 7) is 11.3. The van der Waals surface area contributed by atoms with E-state index in [-0.39, 0.29) is 0 Å². The Labute approximate surface area is 134 Å². The van der Waals surface area contributed by atoms with Gasteiger partial charge in [-0.3, -0.25) is 4.98 Å². The molecule has 1 heterocycles. The molecule has 1 heteroatoms. The van der Waals surface area contributed by atoms with Crippen LogP contribution < -0.4 is 0 Å². The number of benzene rings is 1. The van der Waals surface area contributed by atoms with Crippen molar-refractivity contribution in [1.29, 1.82) is 0 Å². The standard InChI is InChI=1S/C21H27N/c1-6-15(3)17(5)14-20(16(4)7-2)18-12-13-22-21-11-9-8-10-19(18)21/h8-15H,6-7H2,1-5H3/b17-14-,20-16?. The summed E-state index contributed by atoms with van der Waals surface area (Å²) in [6.07, 6.45) is 6.55. The second-order valence-corrected chi connectivity index (χ2v) is 6.12. The van der Waals surface area contributed by atoms with Gasteiger partial charge < -0.3 is 0 Å². The van der Waals surface area contributed by atoms with Gasteiger partial charge in [0.25, 0.3) is 0 Å². The lowest BCUT2D eigenvalue weighted by Crippen LogP contribution is -1.96. The highest BCUT2D eigenvalue weighted by atomic mass is 14.6. The van der Waals surface area contributed by atoms with E-state index in [4.69, 9.17) is 0 Å². The molecule has 0 saturated heterocycles. The molecule has 0 fully saturated rings. The summed E-state index contributed by atoms with van der Waals surface area (Å²) in [6, 6.07) is 10.6. The number of rotatable bonds is 5. The molecule has 0 aliphatic heterocycles. The van der Waals surface area contributed by atoms with Gasteiger partial charge in [-0.15, -0.1) is 0 Å². The maximum absolute atomic E-state index is 4.50. The summed E-state index contributed by atoms with van der Waals surface area (Å²) in [5.41, 5.74) is 6.60. The van der Waals surface area contributed by atoms with Crippen LogP contribution in [-0.2, 0) is 0 Å². The largest absolute Gasteiger partial charge is 0.256 e. The molecular formula is C21H27N. The summed E-state index contributed by atoms with van der Waals surface area (Å²) in [5.74, 6) is 0.618. The molecule has 22 heavy (non-hydrogen) atoms. The van der Waals surface area contributed by atoms with E-state index in [0.717, 1.165) is 11.9 Å². The zero-order valence-corrected chi connectivity index (χ0v) is 14.5. The Morgan fingerprint density at radius 1 is 1.14 bits per heavy atom. The van der Waals surface area contributed by atoms with Crippen molar-refractivity contribution in [3.63, 3.8) is 0 Å². The summed E-state index contributed by atoms with van der Waals surface area (Å²) in [5, 5.41) is 1.24. The molecule has 0 spiro atoms. The molecule has 1 nitrogen and oxygen atoms in total. The summed E-state index contributed by atoms with van der Waals surface area (Å²) < 4.78 is 0. The van der Waals surface area contributed by atoms with Gasteiger partial charge in [-0.2, -0.15) is 0 Å². The van der Waals surface area contributed by atoms with Crippen molar-refractivity contribution in [3.05, 3.63) is 59.3 Å². The number of pyridine rings is 1. The third-order valence-corrected chi connectivity index (χ3v) is 4.69. The van der Waals surface area contributed by atoms with E-state index in [0.29, 0.717) is 5.92 Å². The zero-order chi connectivity index (χ0) is 16.1. The molecule has 1 aromatic heterocycles. The summed E-state index contributed by atoms with van der Waals surface area (Å²) >= 11 is 0. The maximum Gasteiger partial charge on any atom is 0.0708 e. The minimum absolute atomic E-state index is 0.618. The van der Waals surface area contributed by atoms with E-state index in [1.54, 1.807) is 0 Å². The van der Waals surface area contributed by atoms with Gasteiger partial charge in [0.1, 0.15) is 0 Å². The third-order valence-electron chi connectivity index (χ3n) is 4.69. The third kappa shape index (κ3) is 3.47. The molecule has 116 valence electrons. The Hall–Kier alpha value is -1.89.